The Morgan fingerprint density at radius 3 is 2.38 bits per heavy atom. The number of hydrogen-bond donors (Lipinski definition) is 0. The molecule has 0 saturated carbocycles. The lowest BCUT2D eigenvalue weighted by Crippen LogP contribution is -2.49. The van der Waals surface area contributed by atoms with Crippen LogP contribution in [0.25, 0.3) is 11.0 Å². The molecule has 0 aliphatic carbocycles. The van der Waals surface area contributed by atoms with Crippen LogP contribution in [-0.4, -0.2) is 67.7 Å². The molecular weight excluding hydrogens is 428 g/mol. The number of carbonyl (C=O) groups excluding carboxylic acids is 1. The van der Waals surface area contributed by atoms with E-state index in [9.17, 15) is 13.2 Å². The highest BCUT2D eigenvalue weighted by atomic mass is 32.2. The monoisotopic (exact) mass is 454 g/mol. The van der Waals surface area contributed by atoms with Crippen LogP contribution in [0.3, 0.4) is 0 Å². The number of ether oxygens (including phenoxy) is 1. The Morgan fingerprint density at radius 1 is 1.03 bits per heavy atom. The maximum absolute atomic E-state index is 13.3. The highest BCUT2D eigenvalue weighted by Crippen LogP contribution is 2.26. The Labute approximate surface area is 187 Å². The minimum atomic E-state index is -3.45. The lowest BCUT2D eigenvalue weighted by atomic mass is 10.1. The fourth-order valence-electron chi connectivity index (χ4n) is 3.67. The normalized spacial score (nSPS) is 14.8. The summed E-state index contributed by atoms with van der Waals surface area (Å²) < 4.78 is 29.8. The van der Waals surface area contributed by atoms with Crippen LogP contribution in [0.1, 0.15) is 24.2 Å². The zero-order chi connectivity index (χ0) is 22.9. The summed E-state index contributed by atoms with van der Waals surface area (Å²) >= 11 is 0. The molecule has 0 N–H and O–H groups in total. The summed E-state index contributed by atoms with van der Waals surface area (Å²) in [6, 6.07) is 12.2. The van der Waals surface area contributed by atoms with Gasteiger partial charge in [0.1, 0.15) is 11.6 Å². The quantitative estimate of drug-likeness (QED) is 0.585. The number of nitrogens with zero attached hydrogens (tertiary/aromatic N) is 4. The number of piperazine rings is 1. The van der Waals surface area contributed by atoms with Crippen LogP contribution >= 0.6 is 0 Å². The zero-order valence-corrected chi connectivity index (χ0v) is 19.2. The maximum Gasteiger partial charge on any atom is 0.257 e. The van der Waals surface area contributed by atoms with Crippen LogP contribution in [0.15, 0.2) is 53.6 Å². The van der Waals surface area contributed by atoms with Crippen LogP contribution in [0.4, 0.5) is 5.82 Å². The molecule has 1 aliphatic rings. The first-order valence-electron chi connectivity index (χ1n) is 10.5. The van der Waals surface area contributed by atoms with Crippen molar-refractivity contribution in [3.8, 4) is 5.75 Å². The summed E-state index contributed by atoms with van der Waals surface area (Å²) in [5, 5.41) is 0. The minimum absolute atomic E-state index is 0.0991. The number of aromatic nitrogens is 2. The Balaban J connectivity index is 1.53. The van der Waals surface area contributed by atoms with Crippen molar-refractivity contribution < 1.29 is 17.9 Å². The van der Waals surface area contributed by atoms with Crippen molar-refractivity contribution in [2.45, 2.75) is 24.8 Å². The Bertz CT molecular complexity index is 1250. The van der Waals surface area contributed by atoms with E-state index in [1.165, 1.54) is 12.1 Å². The zero-order valence-electron chi connectivity index (χ0n) is 18.4. The summed E-state index contributed by atoms with van der Waals surface area (Å²) in [5.41, 5.74) is 1.94. The Hall–Kier alpha value is -3.20. The van der Waals surface area contributed by atoms with E-state index in [-0.39, 0.29) is 22.5 Å². The summed E-state index contributed by atoms with van der Waals surface area (Å²) in [4.78, 5) is 26.4. The molecule has 2 heterocycles. The van der Waals surface area contributed by atoms with Crippen molar-refractivity contribution in [1.29, 1.82) is 0 Å². The number of hydrogen-bond acceptors (Lipinski definition) is 7. The molecule has 0 spiro atoms. The van der Waals surface area contributed by atoms with E-state index < -0.39 is 9.84 Å². The van der Waals surface area contributed by atoms with E-state index >= 15 is 0 Å². The van der Waals surface area contributed by atoms with E-state index in [1.54, 1.807) is 17.2 Å². The molecule has 0 radical (unpaired) electrons. The van der Waals surface area contributed by atoms with Crippen LogP contribution in [0.5, 0.6) is 5.75 Å². The molecule has 1 aliphatic heterocycles. The van der Waals surface area contributed by atoms with Crippen LogP contribution < -0.4 is 9.64 Å². The summed E-state index contributed by atoms with van der Waals surface area (Å²) in [6.07, 6.45) is 2.74. The number of anilines is 1. The van der Waals surface area contributed by atoms with E-state index in [1.807, 2.05) is 38.1 Å². The average Bonchev–Trinajstić information content (AvgIpc) is 2.77. The van der Waals surface area contributed by atoms with E-state index in [2.05, 4.69) is 14.9 Å². The van der Waals surface area contributed by atoms with Crippen molar-refractivity contribution in [3.63, 3.8) is 0 Å². The van der Waals surface area contributed by atoms with Crippen molar-refractivity contribution >= 4 is 32.6 Å². The first-order chi connectivity index (χ1) is 15.2. The number of carbonyl (C=O) groups is 1. The van der Waals surface area contributed by atoms with Crippen LogP contribution in [0, 0.1) is 0 Å². The van der Waals surface area contributed by atoms with Gasteiger partial charge in [-0.15, -0.1) is 0 Å². The van der Waals surface area contributed by atoms with Crippen molar-refractivity contribution in [2.75, 3.05) is 37.3 Å². The van der Waals surface area contributed by atoms with E-state index in [0.717, 1.165) is 23.1 Å². The second-order valence-corrected chi connectivity index (χ2v) is 10.1. The van der Waals surface area contributed by atoms with Crippen LogP contribution in [-0.2, 0) is 9.84 Å². The number of rotatable bonds is 5. The number of fused-ring (bicyclic) bond motifs is 1. The third kappa shape index (κ3) is 4.67. The molecule has 32 heavy (non-hydrogen) atoms. The lowest BCUT2D eigenvalue weighted by molar-refractivity contribution is 0.0740. The molecule has 3 aromatic rings. The first kappa shape index (κ1) is 22.0. The second kappa shape index (κ2) is 8.74. The molecule has 1 amide bonds. The smallest absolute Gasteiger partial charge is 0.257 e. The van der Waals surface area contributed by atoms with Gasteiger partial charge >= 0.3 is 0 Å². The molecule has 0 atom stereocenters. The molecule has 1 fully saturated rings. The van der Waals surface area contributed by atoms with Gasteiger partial charge in [-0.1, -0.05) is 12.1 Å². The summed E-state index contributed by atoms with van der Waals surface area (Å²) in [7, 11) is -3.45. The molecule has 8 nitrogen and oxygen atoms in total. The standard InChI is InChI=1S/C23H26N4O4S/c1-16(2)31-21-9-8-17(32(3,29)30)14-18(21)23(28)27-12-10-26(11-13-27)22-15-24-19-6-4-5-7-20(19)25-22/h4-9,14-16H,10-13H2,1-3H3. The van der Waals surface area contributed by atoms with Gasteiger partial charge in [0.25, 0.3) is 5.91 Å². The predicted molar refractivity (Wildman–Crippen MR) is 123 cm³/mol. The van der Waals surface area contributed by atoms with Gasteiger partial charge in [0, 0.05) is 32.4 Å². The van der Waals surface area contributed by atoms with Crippen molar-refractivity contribution in [2.24, 2.45) is 0 Å². The molecule has 1 saturated heterocycles. The van der Waals surface area contributed by atoms with Gasteiger partial charge in [-0.25, -0.2) is 13.4 Å². The third-order valence-electron chi connectivity index (χ3n) is 5.30. The Kier molecular flexibility index (Phi) is 6.01. The SMILES string of the molecule is CC(C)Oc1ccc(S(C)(=O)=O)cc1C(=O)N1CCN(c2cnc3ccccc3n2)CC1. The molecule has 4 rings (SSSR count). The van der Waals surface area contributed by atoms with Crippen LogP contribution in [0.2, 0.25) is 0 Å². The largest absolute Gasteiger partial charge is 0.490 e. The predicted octanol–water partition coefficient (Wildman–Crippen LogP) is 2.78. The van der Waals surface area contributed by atoms with E-state index in [4.69, 9.17) is 4.74 Å². The topological polar surface area (TPSA) is 92.7 Å². The molecule has 9 heteroatoms. The fourth-order valence-corrected chi connectivity index (χ4v) is 4.32. The number of amides is 1. The molecular formula is C23H26N4O4S. The first-order valence-corrected chi connectivity index (χ1v) is 12.4. The van der Waals surface area contributed by atoms with Gasteiger partial charge in [-0.05, 0) is 44.2 Å². The second-order valence-electron chi connectivity index (χ2n) is 8.09. The number of benzene rings is 2. The molecule has 0 unspecified atom stereocenters. The average molecular weight is 455 g/mol. The molecule has 0 bridgehead atoms. The summed E-state index contributed by atoms with van der Waals surface area (Å²) in [5.74, 6) is 0.925. The highest BCUT2D eigenvalue weighted by Gasteiger charge is 2.26. The number of sulfone groups is 1. The van der Waals surface area contributed by atoms with Gasteiger partial charge in [0.15, 0.2) is 9.84 Å². The van der Waals surface area contributed by atoms with E-state index in [0.29, 0.717) is 31.9 Å². The highest BCUT2D eigenvalue weighted by molar-refractivity contribution is 7.90. The lowest BCUT2D eigenvalue weighted by Gasteiger charge is -2.35. The summed E-state index contributed by atoms with van der Waals surface area (Å²) in [6.45, 7) is 5.90. The van der Waals surface area contributed by atoms with Gasteiger partial charge in [0.2, 0.25) is 0 Å². The maximum atomic E-state index is 13.3. The van der Waals surface area contributed by atoms with Gasteiger partial charge in [-0.3, -0.25) is 9.78 Å². The van der Waals surface area contributed by atoms with Gasteiger partial charge in [-0.2, -0.15) is 0 Å². The fraction of sp³-hybridized carbons (Fsp3) is 0.348. The molecule has 2 aromatic carbocycles. The van der Waals surface area contributed by atoms with Crippen molar-refractivity contribution in [3.05, 3.63) is 54.2 Å². The number of para-hydroxylation sites is 2. The minimum Gasteiger partial charge on any atom is -0.490 e. The molecule has 168 valence electrons. The van der Waals surface area contributed by atoms with Gasteiger partial charge < -0.3 is 14.5 Å². The molecule has 1 aromatic heterocycles. The van der Waals surface area contributed by atoms with Crippen molar-refractivity contribution in [1.82, 2.24) is 14.9 Å². The third-order valence-corrected chi connectivity index (χ3v) is 6.41. The van der Waals surface area contributed by atoms with Gasteiger partial charge in [0.05, 0.1) is 33.8 Å². The Morgan fingerprint density at radius 2 is 1.72 bits per heavy atom.